The summed E-state index contributed by atoms with van der Waals surface area (Å²) in [5, 5.41) is 2.81. The molecule has 0 bridgehead atoms. The molecule has 156 valence electrons. The molecule has 2 aromatic carbocycles. The van der Waals surface area contributed by atoms with Gasteiger partial charge in [-0.25, -0.2) is 8.42 Å². The highest BCUT2D eigenvalue weighted by atomic mass is 127. The predicted octanol–water partition coefficient (Wildman–Crippen LogP) is 4.36. The normalized spacial score (nSPS) is 17.5. The van der Waals surface area contributed by atoms with Crippen LogP contribution < -0.4 is 10.1 Å². The molecule has 8 heteroatoms. The van der Waals surface area contributed by atoms with Gasteiger partial charge < -0.3 is 10.1 Å². The van der Waals surface area contributed by atoms with Crippen LogP contribution in [0.2, 0.25) is 0 Å². The number of carbonyl (C=O) groups is 1. The van der Waals surface area contributed by atoms with E-state index in [1.807, 2.05) is 0 Å². The number of rotatable bonds is 6. The van der Waals surface area contributed by atoms with Crippen LogP contribution in [0.25, 0.3) is 0 Å². The molecule has 0 aromatic heterocycles. The van der Waals surface area contributed by atoms with E-state index in [4.69, 9.17) is 4.74 Å². The van der Waals surface area contributed by atoms with Gasteiger partial charge in [-0.05, 0) is 83.8 Å². The quantitative estimate of drug-likeness (QED) is 0.566. The molecule has 0 aliphatic carbocycles. The minimum atomic E-state index is -3.54. The van der Waals surface area contributed by atoms with Gasteiger partial charge in [0.15, 0.2) is 0 Å². The summed E-state index contributed by atoms with van der Waals surface area (Å²) in [5.41, 5.74) is 1.05. The van der Waals surface area contributed by atoms with E-state index in [0.717, 1.165) is 16.4 Å². The van der Waals surface area contributed by atoms with E-state index in [1.54, 1.807) is 53.9 Å². The lowest BCUT2D eigenvalue weighted by Gasteiger charge is -2.27. The van der Waals surface area contributed by atoms with Crippen LogP contribution >= 0.6 is 22.6 Å². The highest BCUT2D eigenvalue weighted by molar-refractivity contribution is 14.1. The Kier molecular flexibility index (Phi) is 6.85. The Morgan fingerprint density at radius 1 is 1.21 bits per heavy atom. The molecule has 0 spiro atoms. The summed E-state index contributed by atoms with van der Waals surface area (Å²) in [6, 6.07) is 11.6. The third kappa shape index (κ3) is 4.75. The average molecular weight is 528 g/mol. The van der Waals surface area contributed by atoms with E-state index in [1.165, 1.54) is 0 Å². The van der Waals surface area contributed by atoms with Crippen LogP contribution in [0.4, 0.5) is 5.69 Å². The second-order valence-corrected chi connectivity index (χ2v) is 10.4. The molecule has 3 rings (SSSR count). The number of nitrogens with zero attached hydrogens (tertiary/aromatic N) is 1. The molecule has 1 N–H and O–H groups in total. The maximum Gasteiger partial charge on any atom is 0.255 e. The van der Waals surface area contributed by atoms with Gasteiger partial charge in [0.05, 0.1) is 15.6 Å². The minimum Gasteiger partial charge on any atom is -0.496 e. The fourth-order valence-electron chi connectivity index (χ4n) is 3.59. The minimum absolute atomic E-state index is 0.0388. The molecule has 1 aliphatic rings. The number of methoxy groups -OCH3 is 1. The number of hydrogen-bond acceptors (Lipinski definition) is 4. The van der Waals surface area contributed by atoms with Crippen molar-refractivity contribution in [2.75, 3.05) is 19.0 Å². The smallest absolute Gasteiger partial charge is 0.255 e. The van der Waals surface area contributed by atoms with Gasteiger partial charge in [-0.2, -0.15) is 4.31 Å². The molecule has 6 nitrogen and oxygen atoms in total. The first kappa shape index (κ1) is 22.0. The van der Waals surface area contributed by atoms with Gasteiger partial charge in [0, 0.05) is 23.8 Å². The molecule has 1 unspecified atom stereocenters. The second kappa shape index (κ2) is 9.01. The van der Waals surface area contributed by atoms with Gasteiger partial charge in [0.1, 0.15) is 5.75 Å². The number of amides is 1. The predicted molar refractivity (Wildman–Crippen MR) is 122 cm³/mol. The SMILES string of the molecule is COc1ccc(C(=O)Nc2ccc(S(=O)(=O)N3CCCC3C(C)C)cc2)cc1I. The summed E-state index contributed by atoms with van der Waals surface area (Å²) >= 11 is 2.11. The van der Waals surface area contributed by atoms with Crippen molar-refractivity contribution in [1.29, 1.82) is 0 Å². The lowest BCUT2D eigenvalue weighted by atomic mass is 10.0. The summed E-state index contributed by atoms with van der Waals surface area (Å²) < 4.78 is 33.7. The van der Waals surface area contributed by atoms with E-state index < -0.39 is 10.0 Å². The Labute approximate surface area is 185 Å². The molecule has 1 saturated heterocycles. The fraction of sp³-hybridized carbons (Fsp3) is 0.381. The van der Waals surface area contributed by atoms with E-state index in [2.05, 4.69) is 41.8 Å². The number of nitrogens with one attached hydrogen (secondary N) is 1. The molecule has 1 amide bonds. The number of sulfonamides is 1. The first-order chi connectivity index (χ1) is 13.7. The first-order valence-corrected chi connectivity index (χ1v) is 12.0. The van der Waals surface area contributed by atoms with Crippen LogP contribution in [0.3, 0.4) is 0 Å². The van der Waals surface area contributed by atoms with Crippen LogP contribution in [-0.4, -0.2) is 38.3 Å². The Bertz CT molecular complexity index is 990. The standard InChI is InChI=1S/C21H25IN2O4S/c1-14(2)19-5-4-12-24(19)29(26,27)17-9-7-16(8-10-17)23-21(25)15-6-11-20(28-3)18(22)13-15/h6-11,13-14,19H,4-5,12H2,1-3H3,(H,23,25). The van der Waals surface area contributed by atoms with Crippen LogP contribution in [-0.2, 0) is 10.0 Å². The number of hydrogen-bond donors (Lipinski definition) is 1. The summed E-state index contributed by atoms with van der Waals surface area (Å²) in [7, 11) is -1.96. The third-order valence-corrected chi connectivity index (χ3v) is 7.93. The zero-order chi connectivity index (χ0) is 21.2. The molecule has 0 saturated carbocycles. The summed E-state index contributed by atoms with van der Waals surface area (Å²) in [4.78, 5) is 12.7. The van der Waals surface area contributed by atoms with E-state index in [-0.39, 0.29) is 22.8 Å². The molecule has 29 heavy (non-hydrogen) atoms. The first-order valence-electron chi connectivity index (χ1n) is 9.51. The number of halogens is 1. The number of anilines is 1. The topological polar surface area (TPSA) is 75.7 Å². The maximum absolute atomic E-state index is 13.0. The van der Waals surface area contributed by atoms with Crippen LogP contribution in [0.5, 0.6) is 5.75 Å². The van der Waals surface area contributed by atoms with E-state index in [0.29, 0.717) is 23.5 Å². The Morgan fingerprint density at radius 3 is 2.48 bits per heavy atom. The van der Waals surface area contributed by atoms with Gasteiger partial charge in [-0.1, -0.05) is 13.8 Å². The molecule has 1 heterocycles. The number of carbonyl (C=O) groups excluding carboxylic acids is 1. The molecule has 1 aliphatic heterocycles. The van der Waals surface area contributed by atoms with Crippen LogP contribution in [0, 0.1) is 9.49 Å². The lowest BCUT2D eigenvalue weighted by molar-refractivity contribution is 0.102. The van der Waals surface area contributed by atoms with Crippen molar-refractivity contribution >= 4 is 44.2 Å². The van der Waals surface area contributed by atoms with Crippen LogP contribution in [0.15, 0.2) is 47.4 Å². The molecular formula is C21H25IN2O4S. The molecule has 1 fully saturated rings. The van der Waals surface area contributed by atoms with Gasteiger partial charge in [-0.3, -0.25) is 4.79 Å². The fourth-order valence-corrected chi connectivity index (χ4v) is 6.15. The van der Waals surface area contributed by atoms with Crippen molar-refractivity contribution in [2.45, 2.75) is 37.6 Å². The number of benzene rings is 2. The zero-order valence-corrected chi connectivity index (χ0v) is 19.7. The zero-order valence-electron chi connectivity index (χ0n) is 16.7. The van der Waals surface area contributed by atoms with Gasteiger partial charge in [-0.15, -0.1) is 0 Å². The number of ether oxygens (including phenoxy) is 1. The van der Waals surface area contributed by atoms with Crippen molar-refractivity contribution in [1.82, 2.24) is 4.31 Å². The molecule has 1 atom stereocenters. The van der Waals surface area contributed by atoms with Crippen molar-refractivity contribution in [2.24, 2.45) is 5.92 Å². The van der Waals surface area contributed by atoms with E-state index >= 15 is 0 Å². The Morgan fingerprint density at radius 2 is 1.90 bits per heavy atom. The Balaban J connectivity index is 1.74. The van der Waals surface area contributed by atoms with Gasteiger partial charge in [0.25, 0.3) is 5.91 Å². The highest BCUT2D eigenvalue weighted by Gasteiger charge is 2.36. The van der Waals surface area contributed by atoms with Crippen molar-refractivity contribution < 1.29 is 17.9 Å². The van der Waals surface area contributed by atoms with Crippen LogP contribution in [0.1, 0.15) is 37.0 Å². The third-order valence-electron chi connectivity index (χ3n) is 5.15. The summed E-state index contributed by atoms with van der Waals surface area (Å²) in [6.45, 7) is 4.66. The average Bonchev–Trinajstić information content (AvgIpc) is 3.19. The largest absolute Gasteiger partial charge is 0.496 e. The maximum atomic E-state index is 13.0. The highest BCUT2D eigenvalue weighted by Crippen LogP contribution is 2.30. The van der Waals surface area contributed by atoms with Gasteiger partial charge in [0.2, 0.25) is 10.0 Å². The molecular weight excluding hydrogens is 503 g/mol. The molecule has 0 radical (unpaired) electrons. The van der Waals surface area contributed by atoms with Crippen molar-refractivity contribution in [3.63, 3.8) is 0 Å². The second-order valence-electron chi connectivity index (χ2n) is 7.40. The Hall–Kier alpha value is -1.65. The monoisotopic (exact) mass is 528 g/mol. The summed E-state index contributed by atoms with van der Waals surface area (Å²) in [5.74, 6) is 0.719. The van der Waals surface area contributed by atoms with Crippen molar-refractivity contribution in [3.8, 4) is 5.75 Å². The van der Waals surface area contributed by atoms with Gasteiger partial charge >= 0.3 is 0 Å². The summed E-state index contributed by atoms with van der Waals surface area (Å²) in [6.07, 6.45) is 1.78. The van der Waals surface area contributed by atoms with Crippen molar-refractivity contribution in [3.05, 3.63) is 51.6 Å². The molecule has 2 aromatic rings. The lowest BCUT2D eigenvalue weighted by Crippen LogP contribution is -2.38. The van der Waals surface area contributed by atoms with E-state index in [9.17, 15) is 13.2 Å².